The number of aromatic amines is 1. The topological polar surface area (TPSA) is 78.1 Å². The standard InChI is InChI=1S/C28H33ClN4O2/c1-18(2)24(32-26(34)23-16-30-25(31-23)20-8-6-5-7-9-20)27(35)33-15-14-22(28(3,4)17-33)19-10-12-21(29)13-11-19/h5-13,16,18,22,24H,14-15,17H2,1-4H3,(H,30,31)(H,32,34)/t22?,24-/m1/s1. The Kier molecular flexibility index (Phi) is 7.31. The highest BCUT2D eigenvalue weighted by molar-refractivity contribution is 6.30. The summed E-state index contributed by atoms with van der Waals surface area (Å²) in [5, 5.41) is 3.68. The molecule has 1 aliphatic heterocycles. The lowest BCUT2D eigenvalue weighted by molar-refractivity contribution is -0.137. The number of likely N-dealkylation sites (tertiary alicyclic amines) is 1. The Morgan fingerprint density at radius 3 is 2.43 bits per heavy atom. The summed E-state index contributed by atoms with van der Waals surface area (Å²) in [7, 11) is 0. The number of piperidine rings is 1. The molecule has 35 heavy (non-hydrogen) atoms. The lowest BCUT2D eigenvalue weighted by Gasteiger charge is -2.45. The van der Waals surface area contributed by atoms with Gasteiger partial charge in [-0.25, -0.2) is 4.98 Å². The second-order valence-corrected chi connectivity index (χ2v) is 10.8. The van der Waals surface area contributed by atoms with Crippen LogP contribution in [0.2, 0.25) is 5.02 Å². The Morgan fingerprint density at radius 1 is 1.11 bits per heavy atom. The molecule has 0 aliphatic carbocycles. The van der Waals surface area contributed by atoms with Gasteiger partial charge in [0.1, 0.15) is 17.6 Å². The fourth-order valence-electron chi connectivity index (χ4n) is 4.97. The van der Waals surface area contributed by atoms with Crippen LogP contribution in [0.4, 0.5) is 0 Å². The number of halogens is 1. The first-order chi connectivity index (χ1) is 16.7. The Morgan fingerprint density at radius 2 is 1.80 bits per heavy atom. The Hall–Kier alpha value is -3.12. The van der Waals surface area contributed by atoms with Crippen LogP contribution in [-0.4, -0.2) is 45.8 Å². The number of rotatable bonds is 6. The molecule has 0 spiro atoms. The van der Waals surface area contributed by atoms with Gasteiger partial charge in [-0.05, 0) is 41.4 Å². The van der Waals surface area contributed by atoms with E-state index in [1.807, 2.05) is 61.2 Å². The zero-order valence-corrected chi connectivity index (χ0v) is 21.5. The van der Waals surface area contributed by atoms with Gasteiger partial charge in [0.15, 0.2) is 0 Å². The molecule has 4 rings (SSSR count). The number of H-pyrrole nitrogens is 1. The van der Waals surface area contributed by atoms with E-state index in [2.05, 4.69) is 41.3 Å². The molecule has 2 aromatic carbocycles. The predicted molar refractivity (Wildman–Crippen MR) is 139 cm³/mol. The first kappa shape index (κ1) is 25.0. The molecule has 6 nitrogen and oxygen atoms in total. The van der Waals surface area contributed by atoms with Gasteiger partial charge in [-0.3, -0.25) is 9.59 Å². The van der Waals surface area contributed by atoms with Gasteiger partial charge in [-0.15, -0.1) is 0 Å². The summed E-state index contributed by atoms with van der Waals surface area (Å²) >= 11 is 6.08. The zero-order chi connectivity index (χ0) is 25.2. The van der Waals surface area contributed by atoms with Crippen molar-refractivity contribution in [3.8, 4) is 11.4 Å². The molecule has 1 saturated heterocycles. The molecule has 184 valence electrons. The van der Waals surface area contributed by atoms with Crippen molar-refractivity contribution in [3.05, 3.63) is 77.1 Å². The molecule has 2 heterocycles. The van der Waals surface area contributed by atoms with Crippen LogP contribution in [0.1, 0.15) is 56.1 Å². The number of hydrogen-bond acceptors (Lipinski definition) is 3. The Bertz CT molecular complexity index is 1170. The summed E-state index contributed by atoms with van der Waals surface area (Å²) in [5.41, 5.74) is 2.37. The lowest BCUT2D eigenvalue weighted by Crippen LogP contribution is -2.55. The lowest BCUT2D eigenvalue weighted by atomic mass is 9.70. The minimum Gasteiger partial charge on any atom is -0.340 e. The number of hydrogen-bond donors (Lipinski definition) is 2. The summed E-state index contributed by atoms with van der Waals surface area (Å²) in [6.45, 7) is 9.58. The van der Waals surface area contributed by atoms with E-state index in [0.29, 0.717) is 30.5 Å². The van der Waals surface area contributed by atoms with Crippen molar-refractivity contribution in [2.75, 3.05) is 13.1 Å². The van der Waals surface area contributed by atoms with E-state index < -0.39 is 6.04 Å². The molecule has 2 N–H and O–H groups in total. The van der Waals surface area contributed by atoms with Gasteiger partial charge < -0.3 is 15.2 Å². The van der Waals surface area contributed by atoms with Crippen molar-refractivity contribution < 1.29 is 9.59 Å². The molecule has 7 heteroatoms. The predicted octanol–water partition coefficient (Wildman–Crippen LogP) is 5.53. The Balaban J connectivity index is 1.45. The van der Waals surface area contributed by atoms with Gasteiger partial charge in [0, 0.05) is 23.7 Å². The minimum absolute atomic E-state index is 0.0428. The van der Waals surface area contributed by atoms with Crippen LogP contribution in [0.25, 0.3) is 11.4 Å². The second kappa shape index (κ2) is 10.2. The number of amides is 2. The highest BCUT2D eigenvalue weighted by Gasteiger charge is 2.40. The van der Waals surface area contributed by atoms with Crippen LogP contribution in [0.15, 0.2) is 60.8 Å². The van der Waals surface area contributed by atoms with E-state index in [1.54, 1.807) is 0 Å². The number of nitrogens with zero attached hydrogens (tertiary/aromatic N) is 2. The van der Waals surface area contributed by atoms with E-state index in [-0.39, 0.29) is 23.1 Å². The van der Waals surface area contributed by atoms with Crippen molar-refractivity contribution in [1.29, 1.82) is 0 Å². The maximum atomic E-state index is 13.6. The van der Waals surface area contributed by atoms with Gasteiger partial charge in [0.25, 0.3) is 5.91 Å². The molecule has 2 atom stereocenters. The maximum Gasteiger partial charge on any atom is 0.270 e. The van der Waals surface area contributed by atoms with Gasteiger partial charge in [0.05, 0.1) is 6.20 Å². The molecule has 1 aromatic heterocycles. The van der Waals surface area contributed by atoms with Gasteiger partial charge in [-0.1, -0.05) is 81.8 Å². The number of nitrogens with one attached hydrogen (secondary N) is 2. The molecule has 2 amide bonds. The highest BCUT2D eigenvalue weighted by Crippen LogP contribution is 2.42. The third-order valence-electron chi connectivity index (χ3n) is 6.90. The highest BCUT2D eigenvalue weighted by atomic mass is 35.5. The molecule has 3 aromatic rings. The number of imidazole rings is 1. The SMILES string of the molecule is CC(C)[C@@H](NC(=O)c1cnc(-c2ccccc2)[nH]1)C(=O)N1CCC(c2ccc(Cl)cc2)C(C)(C)C1. The molecule has 0 bridgehead atoms. The van der Waals surface area contributed by atoms with Crippen LogP contribution in [-0.2, 0) is 4.79 Å². The van der Waals surface area contributed by atoms with Gasteiger partial charge >= 0.3 is 0 Å². The summed E-state index contributed by atoms with van der Waals surface area (Å²) in [4.78, 5) is 35.9. The van der Waals surface area contributed by atoms with Crippen LogP contribution < -0.4 is 5.32 Å². The first-order valence-electron chi connectivity index (χ1n) is 12.1. The second-order valence-electron chi connectivity index (χ2n) is 10.3. The summed E-state index contributed by atoms with van der Waals surface area (Å²) < 4.78 is 0. The van der Waals surface area contributed by atoms with Crippen LogP contribution in [0.3, 0.4) is 0 Å². The molecule has 0 radical (unpaired) electrons. The van der Waals surface area contributed by atoms with E-state index in [4.69, 9.17) is 11.6 Å². The molecule has 1 fully saturated rings. The Labute approximate surface area is 212 Å². The molecule has 1 unspecified atom stereocenters. The quantitative estimate of drug-likeness (QED) is 0.475. The molecular formula is C28H33ClN4O2. The van der Waals surface area contributed by atoms with Crippen LogP contribution in [0.5, 0.6) is 0 Å². The largest absolute Gasteiger partial charge is 0.340 e. The molecular weight excluding hydrogens is 460 g/mol. The third-order valence-corrected chi connectivity index (χ3v) is 7.15. The van der Waals surface area contributed by atoms with E-state index in [1.165, 1.54) is 11.8 Å². The number of benzene rings is 2. The molecule has 0 saturated carbocycles. The van der Waals surface area contributed by atoms with E-state index >= 15 is 0 Å². The van der Waals surface area contributed by atoms with Gasteiger partial charge in [0.2, 0.25) is 5.91 Å². The normalized spacial score (nSPS) is 18.3. The summed E-state index contributed by atoms with van der Waals surface area (Å²) in [6.07, 6.45) is 2.38. The van der Waals surface area contributed by atoms with Crippen molar-refractivity contribution in [3.63, 3.8) is 0 Å². The van der Waals surface area contributed by atoms with Crippen LogP contribution in [0, 0.1) is 11.3 Å². The average Bonchev–Trinajstić information content (AvgIpc) is 3.33. The van der Waals surface area contributed by atoms with Crippen LogP contribution >= 0.6 is 11.6 Å². The summed E-state index contributed by atoms with van der Waals surface area (Å²) in [5.74, 6) is 0.521. The fourth-order valence-corrected chi connectivity index (χ4v) is 5.09. The number of carbonyl (C=O) groups is 2. The number of carbonyl (C=O) groups excluding carboxylic acids is 2. The zero-order valence-electron chi connectivity index (χ0n) is 20.7. The van der Waals surface area contributed by atoms with E-state index in [0.717, 1.165) is 17.0 Å². The smallest absolute Gasteiger partial charge is 0.270 e. The molecule has 1 aliphatic rings. The minimum atomic E-state index is -0.617. The van der Waals surface area contributed by atoms with Crippen molar-refractivity contribution >= 4 is 23.4 Å². The first-order valence-corrected chi connectivity index (χ1v) is 12.5. The van der Waals surface area contributed by atoms with Crippen molar-refractivity contribution in [2.24, 2.45) is 11.3 Å². The fraction of sp³-hybridized carbons (Fsp3) is 0.393. The van der Waals surface area contributed by atoms with Crippen molar-refractivity contribution in [1.82, 2.24) is 20.2 Å². The average molecular weight is 493 g/mol. The van der Waals surface area contributed by atoms with E-state index in [9.17, 15) is 9.59 Å². The maximum absolute atomic E-state index is 13.6. The monoisotopic (exact) mass is 492 g/mol. The number of aromatic nitrogens is 2. The van der Waals surface area contributed by atoms with Crippen molar-refractivity contribution in [2.45, 2.75) is 46.1 Å². The third kappa shape index (κ3) is 5.59. The summed E-state index contributed by atoms with van der Waals surface area (Å²) in [6, 6.07) is 17.0. The van der Waals surface area contributed by atoms with Gasteiger partial charge in [-0.2, -0.15) is 0 Å².